The summed E-state index contributed by atoms with van der Waals surface area (Å²) in [5, 5.41) is 1.54. The fourth-order valence-electron chi connectivity index (χ4n) is 4.07. The van der Waals surface area contributed by atoms with Gasteiger partial charge >= 0.3 is 12.0 Å². The van der Waals surface area contributed by atoms with Crippen LogP contribution < -0.4 is 5.73 Å². The molecule has 0 aromatic rings. The first-order valence-electron chi connectivity index (χ1n) is 8.66. The number of urea groups is 1. The molecule has 23 heavy (non-hydrogen) atoms. The summed E-state index contributed by atoms with van der Waals surface area (Å²) in [6.45, 7) is 1.07. The largest absolute Gasteiger partial charge is 0.365 e. The van der Waals surface area contributed by atoms with E-state index in [9.17, 15) is 14.4 Å². The van der Waals surface area contributed by atoms with Crippen LogP contribution in [0.5, 0.6) is 0 Å². The van der Waals surface area contributed by atoms with Crippen LogP contribution in [-0.4, -0.2) is 52.9 Å². The van der Waals surface area contributed by atoms with Crippen LogP contribution in [0.3, 0.4) is 0 Å². The van der Waals surface area contributed by atoms with Gasteiger partial charge in [0.1, 0.15) is 12.1 Å². The predicted octanol–water partition coefficient (Wildman–Crippen LogP) is 1.21. The Bertz CT molecular complexity index is 490. The molecule has 3 fully saturated rings. The Morgan fingerprint density at radius 3 is 2.22 bits per heavy atom. The second-order valence-corrected chi connectivity index (χ2v) is 6.78. The molecular weight excluding hydrogens is 298 g/mol. The second kappa shape index (κ2) is 6.86. The molecule has 3 aliphatic rings. The maximum atomic E-state index is 12.6. The number of hydrogen-bond donors (Lipinski definition) is 1. The molecule has 2 atom stereocenters. The number of rotatable bonds is 4. The Hall–Kier alpha value is -1.63. The van der Waals surface area contributed by atoms with E-state index in [-0.39, 0.29) is 17.7 Å². The van der Waals surface area contributed by atoms with Crippen LogP contribution in [0.25, 0.3) is 0 Å². The third-order valence-electron chi connectivity index (χ3n) is 5.30. The summed E-state index contributed by atoms with van der Waals surface area (Å²) < 4.78 is 0. The van der Waals surface area contributed by atoms with Gasteiger partial charge in [0, 0.05) is 19.0 Å². The van der Waals surface area contributed by atoms with Gasteiger partial charge in [-0.15, -0.1) is 5.06 Å². The van der Waals surface area contributed by atoms with Crippen LogP contribution >= 0.6 is 0 Å². The molecule has 0 spiro atoms. The van der Waals surface area contributed by atoms with Crippen LogP contribution in [0.15, 0.2) is 0 Å². The van der Waals surface area contributed by atoms with Crippen molar-refractivity contribution in [3.05, 3.63) is 0 Å². The molecule has 1 unspecified atom stereocenters. The molecule has 0 aromatic carbocycles. The average molecular weight is 323 g/mol. The van der Waals surface area contributed by atoms with Crippen molar-refractivity contribution in [3.8, 4) is 0 Å². The maximum Gasteiger partial charge on any atom is 0.347 e. The number of likely N-dealkylation sites (tertiary alicyclic amines) is 1. The zero-order valence-corrected chi connectivity index (χ0v) is 13.4. The number of carbonyl (C=O) groups excluding carboxylic acids is 3. The van der Waals surface area contributed by atoms with Gasteiger partial charge in [0.25, 0.3) is 0 Å². The van der Waals surface area contributed by atoms with Crippen molar-refractivity contribution in [2.45, 2.75) is 63.5 Å². The SMILES string of the molecule is NC(=O)N1CCC[C@H]1C(=O)ON1CCCC1C(=O)C1CCCC1. The lowest BCUT2D eigenvalue weighted by atomic mass is 9.96. The lowest BCUT2D eigenvalue weighted by molar-refractivity contribution is -0.199. The first kappa shape index (κ1) is 16.2. The lowest BCUT2D eigenvalue weighted by Crippen LogP contribution is -2.47. The minimum absolute atomic E-state index is 0.118. The van der Waals surface area contributed by atoms with Crippen molar-refractivity contribution >= 4 is 17.8 Å². The second-order valence-electron chi connectivity index (χ2n) is 6.78. The van der Waals surface area contributed by atoms with E-state index in [0.29, 0.717) is 19.5 Å². The molecule has 7 nitrogen and oxygen atoms in total. The quantitative estimate of drug-likeness (QED) is 0.839. The summed E-state index contributed by atoms with van der Waals surface area (Å²) in [6.07, 6.45) is 7.03. The van der Waals surface area contributed by atoms with Crippen LogP contribution in [0, 0.1) is 5.92 Å². The number of amides is 2. The summed E-state index contributed by atoms with van der Waals surface area (Å²) in [6, 6.07) is -1.52. The van der Waals surface area contributed by atoms with Gasteiger partial charge in [-0.2, -0.15) is 0 Å². The van der Waals surface area contributed by atoms with Gasteiger partial charge in [-0.3, -0.25) is 4.79 Å². The third kappa shape index (κ3) is 3.34. The Kier molecular flexibility index (Phi) is 4.84. The van der Waals surface area contributed by atoms with Crippen LogP contribution in [0.4, 0.5) is 4.79 Å². The summed E-state index contributed by atoms with van der Waals surface area (Å²) in [5.41, 5.74) is 5.30. The van der Waals surface area contributed by atoms with Gasteiger partial charge in [-0.05, 0) is 38.5 Å². The number of primary amides is 1. The zero-order valence-electron chi connectivity index (χ0n) is 13.4. The molecule has 1 aliphatic carbocycles. The Morgan fingerprint density at radius 1 is 0.870 bits per heavy atom. The number of nitrogens with two attached hydrogens (primary N) is 1. The van der Waals surface area contributed by atoms with E-state index in [1.807, 2.05) is 0 Å². The van der Waals surface area contributed by atoms with Crippen molar-refractivity contribution in [1.29, 1.82) is 0 Å². The van der Waals surface area contributed by atoms with E-state index in [1.165, 1.54) is 4.90 Å². The van der Waals surface area contributed by atoms with Gasteiger partial charge in [0.2, 0.25) is 0 Å². The summed E-state index contributed by atoms with van der Waals surface area (Å²) in [4.78, 5) is 43.2. The highest BCUT2D eigenvalue weighted by molar-refractivity contribution is 5.87. The molecule has 2 aliphatic heterocycles. The average Bonchev–Trinajstić information content (AvgIpc) is 3.26. The van der Waals surface area contributed by atoms with Gasteiger partial charge in [0.15, 0.2) is 5.78 Å². The van der Waals surface area contributed by atoms with Crippen LogP contribution in [-0.2, 0) is 14.4 Å². The van der Waals surface area contributed by atoms with Gasteiger partial charge in [-0.1, -0.05) is 12.8 Å². The first-order chi connectivity index (χ1) is 11.1. The van der Waals surface area contributed by atoms with Crippen molar-refractivity contribution in [2.24, 2.45) is 11.7 Å². The van der Waals surface area contributed by atoms with Crippen molar-refractivity contribution in [1.82, 2.24) is 9.96 Å². The van der Waals surface area contributed by atoms with E-state index in [1.54, 1.807) is 5.06 Å². The van der Waals surface area contributed by atoms with E-state index in [0.717, 1.165) is 44.9 Å². The number of nitrogens with zero attached hydrogens (tertiary/aromatic N) is 2. The number of hydroxylamine groups is 2. The van der Waals surface area contributed by atoms with E-state index in [4.69, 9.17) is 10.6 Å². The minimum Gasteiger partial charge on any atom is -0.365 e. The number of hydrogen-bond acceptors (Lipinski definition) is 5. The van der Waals surface area contributed by atoms with Crippen molar-refractivity contribution < 1.29 is 19.2 Å². The highest BCUT2D eigenvalue weighted by Gasteiger charge is 2.41. The monoisotopic (exact) mass is 323 g/mol. The fraction of sp³-hybridized carbons (Fsp3) is 0.812. The smallest absolute Gasteiger partial charge is 0.347 e. The third-order valence-corrected chi connectivity index (χ3v) is 5.30. The van der Waals surface area contributed by atoms with Crippen LogP contribution in [0.1, 0.15) is 51.4 Å². The molecular formula is C16H25N3O4. The molecule has 7 heteroatoms. The van der Waals surface area contributed by atoms with E-state index in [2.05, 4.69) is 0 Å². The number of ketones is 1. The molecule has 3 rings (SSSR count). The zero-order chi connectivity index (χ0) is 16.4. The van der Waals surface area contributed by atoms with Crippen molar-refractivity contribution in [3.63, 3.8) is 0 Å². The van der Waals surface area contributed by atoms with Crippen LogP contribution in [0.2, 0.25) is 0 Å². The highest BCUT2D eigenvalue weighted by Crippen LogP contribution is 2.31. The fourth-order valence-corrected chi connectivity index (χ4v) is 4.07. The highest BCUT2D eigenvalue weighted by atomic mass is 16.7. The molecule has 0 bridgehead atoms. The van der Waals surface area contributed by atoms with Gasteiger partial charge in [0.05, 0.1) is 0 Å². The summed E-state index contributed by atoms with van der Waals surface area (Å²) >= 11 is 0. The maximum absolute atomic E-state index is 12.6. The minimum atomic E-state index is -0.615. The Balaban J connectivity index is 1.60. The lowest BCUT2D eigenvalue weighted by Gasteiger charge is -2.27. The Morgan fingerprint density at radius 2 is 1.52 bits per heavy atom. The molecule has 0 aromatic heterocycles. The Labute approximate surface area is 136 Å². The molecule has 128 valence electrons. The standard InChI is InChI=1S/C16H25N3O4/c17-16(22)18-9-3-8-13(18)15(21)23-19-10-4-7-12(19)14(20)11-5-1-2-6-11/h11-13H,1-10H2,(H2,17,22)/t12?,13-/m0/s1. The van der Waals surface area contributed by atoms with E-state index >= 15 is 0 Å². The molecule has 1 saturated carbocycles. The van der Waals surface area contributed by atoms with E-state index < -0.39 is 18.0 Å². The van der Waals surface area contributed by atoms with Crippen molar-refractivity contribution in [2.75, 3.05) is 13.1 Å². The summed E-state index contributed by atoms with van der Waals surface area (Å²) in [7, 11) is 0. The normalized spacial score (nSPS) is 29.1. The summed E-state index contributed by atoms with van der Waals surface area (Å²) in [5.74, 6) is -0.133. The molecule has 2 N–H and O–H groups in total. The topological polar surface area (TPSA) is 92.9 Å². The van der Waals surface area contributed by atoms with Gasteiger partial charge < -0.3 is 15.5 Å². The number of Topliss-reactive ketones (excluding diaryl/α,β-unsaturated/α-hetero) is 1. The molecule has 2 saturated heterocycles. The molecule has 2 amide bonds. The molecule has 2 heterocycles. The first-order valence-corrected chi connectivity index (χ1v) is 8.66. The number of carbonyl (C=O) groups is 3. The molecule has 0 radical (unpaired) electrons. The predicted molar refractivity (Wildman–Crippen MR) is 82.1 cm³/mol. The van der Waals surface area contributed by atoms with Gasteiger partial charge in [-0.25, -0.2) is 9.59 Å².